The molecule has 0 saturated carbocycles. The third-order valence-electron chi connectivity index (χ3n) is 4.17. The van der Waals surface area contributed by atoms with Crippen molar-refractivity contribution < 1.29 is 4.79 Å². The van der Waals surface area contributed by atoms with Crippen LogP contribution in [0.1, 0.15) is 11.6 Å². The molecule has 7 heteroatoms. The summed E-state index contributed by atoms with van der Waals surface area (Å²) in [4.78, 5) is 21.3. The summed E-state index contributed by atoms with van der Waals surface area (Å²) in [6, 6.07) is 12.7. The Labute approximate surface area is 144 Å². The minimum absolute atomic E-state index is 0.160. The molecule has 3 aromatic rings. The maximum Gasteiger partial charge on any atom is 0.235 e. The summed E-state index contributed by atoms with van der Waals surface area (Å²) in [5.74, 6) is -0.140. The fourth-order valence-electron chi connectivity index (χ4n) is 3.03. The van der Waals surface area contributed by atoms with E-state index in [4.69, 9.17) is 0 Å². The van der Waals surface area contributed by atoms with Crippen LogP contribution < -0.4 is 10.6 Å². The highest BCUT2D eigenvalue weighted by Gasteiger charge is 2.39. The van der Waals surface area contributed by atoms with Crippen molar-refractivity contribution in [2.75, 3.05) is 10.6 Å². The van der Waals surface area contributed by atoms with E-state index in [1.54, 1.807) is 17.1 Å². The van der Waals surface area contributed by atoms with Crippen molar-refractivity contribution in [3.8, 4) is 0 Å². The standard InChI is InChI=1S/C18H16N6O/c1-12-15(17(25)23-14-5-3-2-4-6-14)16(13-7-9-19-10-8-13)24-18(22-12)20-11-21-24/h2-11,15-16H,1H2,(H,23,25)(H,20,21,22)/t15-,16+/m0/s1. The molecule has 0 unspecified atom stereocenters. The van der Waals surface area contributed by atoms with Crippen molar-refractivity contribution in [1.29, 1.82) is 0 Å². The van der Waals surface area contributed by atoms with E-state index in [-0.39, 0.29) is 11.9 Å². The number of anilines is 2. The molecule has 0 saturated heterocycles. The van der Waals surface area contributed by atoms with E-state index in [0.29, 0.717) is 11.6 Å². The number of pyridine rings is 1. The average Bonchev–Trinajstić information content (AvgIpc) is 3.10. The minimum atomic E-state index is -0.545. The molecule has 1 aliphatic heterocycles. The lowest BCUT2D eigenvalue weighted by atomic mass is 9.89. The number of aromatic nitrogens is 4. The third-order valence-corrected chi connectivity index (χ3v) is 4.17. The van der Waals surface area contributed by atoms with Crippen LogP contribution in [0.15, 0.2) is 73.5 Å². The molecule has 2 N–H and O–H groups in total. The molecular formula is C18H16N6O. The van der Waals surface area contributed by atoms with Crippen molar-refractivity contribution in [1.82, 2.24) is 19.7 Å². The van der Waals surface area contributed by atoms with Crippen molar-refractivity contribution in [3.63, 3.8) is 0 Å². The number of hydrogen-bond acceptors (Lipinski definition) is 5. The van der Waals surface area contributed by atoms with Crippen LogP contribution in [-0.4, -0.2) is 25.7 Å². The first-order chi connectivity index (χ1) is 12.2. The molecule has 2 aromatic heterocycles. The highest BCUT2D eigenvalue weighted by Crippen LogP contribution is 2.37. The van der Waals surface area contributed by atoms with E-state index >= 15 is 0 Å². The van der Waals surface area contributed by atoms with Crippen LogP contribution in [0, 0.1) is 5.92 Å². The Balaban J connectivity index is 1.74. The molecule has 2 atom stereocenters. The van der Waals surface area contributed by atoms with E-state index in [9.17, 15) is 4.79 Å². The van der Waals surface area contributed by atoms with Crippen molar-refractivity contribution >= 4 is 17.5 Å². The Hall–Kier alpha value is -3.48. The van der Waals surface area contributed by atoms with Gasteiger partial charge in [0.05, 0.1) is 6.04 Å². The first-order valence-corrected chi connectivity index (χ1v) is 7.85. The summed E-state index contributed by atoms with van der Waals surface area (Å²) in [5, 5.41) is 10.3. The number of nitrogens with one attached hydrogen (secondary N) is 2. The number of nitrogens with zero attached hydrogens (tertiary/aromatic N) is 4. The summed E-state index contributed by atoms with van der Waals surface area (Å²) >= 11 is 0. The largest absolute Gasteiger partial charge is 0.328 e. The van der Waals surface area contributed by atoms with E-state index in [2.05, 4.69) is 32.3 Å². The molecule has 0 spiro atoms. The summed E-state index contributed by atoms with van der Waals surface area (Å²) in [6.07, 6.45) is 4.85. The lowest BCUT2D eigenvalue weighted by Crippen LogP contribution is -2.39. The quantitative estimate of drug-likeness (QED) is 0.769. The second kappa shape index (κ2) is 6.20. The van der Waals surface area contributed by atoms with Gasteiger partial charge < -0.3 is 10.6 Å². The molecule has 7 nitrogen and oxygen atoms in total. The average molecular weight is 332 g/mol. The van der Waals surface area contributed by atoms with Gasteiger partial charge in [-0.25, -0.2) is 4.68 Å². The van der Waals surface area contributed by atoms with E-state index in [1.165, 1.54) is 6.33 Å². The number of amides is 1. The monoisotopic (exact) mass is 332 g/mol. The Morgan fingerprint density at radius 3 is 2.68 bits per heavy atom. The highest BCUT2D eigenvalue weighted by atomic mass is 16.2. The van der Waals surface area contributed by atoms with Gasteiger partial charge in [0.2, 0.25) is 11.9 Å². The van der Waals surface area contributed by atoms with Crippen molar-refractivity contribution in [2.24, 2.45) is 5.92 Å². The van der Waals surface area contributed by atoms with E-state index in [1.807, 2.05) is 42.5 Å². The number of carbonyl (C=O) groups excluding carboxylic acids is 1. The van der Waals surface area contributed by atoms with Gasteiger partial charge >= 0.3 is 0 Å². The molecule has 0 radical (unpaired) electrons. The van der Waals surface area contributed by atoms with Gasteiger partial charge in [-0.05, 0) is 29.8 Å². The molecule has 3 heterocycles. The lowest BCUT2D eigenvalue weighted by Gasteiger charge is -2.33. The molecular weight excluding hydrogens is 316 g/mol. The van der Waals surface area contributed by atoms with Crippen LogP contribution >= 0.6 is 0 Å². The van der Waals surface area contributed by atoms with E-state index in [0.717, 1.165) is 11.3 Å². The molecule has 124 valence electrons. The van der Waals surface area contributed by atoms with Gasteiger partial charge in [0.25, 0.3) is 0 Å². The van der Waals surface area contributed by atoms with Crippen LogP contribution in [0.3, 0.4) is 0 Å². The van der Waals surface area contributed by atoms with E-state index < -0.39 is 5.92 Å². The fourth-order valence-corrected chi connectivity index (χ4v) is 3.03. The topological polar surface area (TPSA) is 84.7 Å². The first kappa shape index (κ1) is 15.1. The second-order valence-corrected chi connectivity index (χ2v) is 5.74. The minimum Gasteiger partial charge on any atom is -0.328 e. The molecule has 1 aliphatic rings. The molecule has 25 heavy (non-hydrogen) atoms. The van der Waals surface area contributed by atoms with Gasteiger partial charge in [-0.15, -0.1) is 0 Å². The zero-order valence-corrected chi connectivity index (χ0v) is 13.3. The number of para-hydroxylation sites is 1. The third kappa shape index (κ3) is 2.76. The summed E-state index contributed by atoms with van der Waals surface area (Å²) in [6.45, 7) is 4.04. The van der Waals surface area contributed by atoms with Crippen molar-refractivity contribution in [2.45, 2.75) is 6.04 Å². The summed E-state index contributed by atoms with van der Waals surface area (Å²) < 4.78 is 1.71. The van der Waals surface area contributed by atoms with Gasteiger partial charge in [0.1, 0.15) is 12.2 Å². The number of rotatable bonds is 3. The zero-order valence-electron chi connectivity index (χ0n) is 13.3. The fraction of sp³-hybridized carbons (Fsp3) is 0.111. The predicted octanol–water partition coefficient (Wildman–Crippen LogP) is 2.46. The van der Waals surface area contributed by atoms with Crippen molar-refractivity contribution in [3.05, 3.63) is 79.0 Å². The van der Waals surface area contributed by atoms with Gasteiger partial charge in [0.15, 0.2) is 0 Å². The summed E-state index contributed by atoms with van der Waals surface area (Å²) in [5.41, 5.74) is 2.23. The molecule has 1 aromatic carbocycles. The number of carbonyl (C=O) groups is 1. The smallest absolute Gasteiger partial charge is 0.235 e. The molecule has 4 rings (SSSR count). The van der Waals surface area contributed by atoms with Crippen LogP contribution in [0.4, 0.5) is 11.6 Å². The second-order valence-electron chi connectivity index (χ2n) is 5.74. The molecule has 1 amide bonds. The molecule has 0 aliphatic carbocycles. The van der Waals surface area contributed by atoms with Crippen LogP contribution in [-0.2, 0) is 4.79 Å². The Morgan fingerprint density at radius 2 is 1.92 bits per heavy atom. The molecule has 0 fully saturated rings. The Bertz CT molecular complexity index is 906. The predicted molar refractivity (Wildman–Crippen MR) is 93.7 cm³/mol. The Kier molecular flexibility index (Phi) is 3.74. The van der Waals surface area contributed by atoms with Gasteiger partial charge in [0, 0.05) is 23.8 Å². The maximum atomic E-state index is 13.0. The number of fused-ring (bicyclic) bond motifs is 1. The Morgan fingerprint density at radius 1 is 1.16 bits per heavy atom. The van der Waals surface area contributed by atoms with Gasteiger partial charge in [-0.2, -0.15) is 10.1 Å². The maximum absolute atomic E-state index is 13.0. The summed E-state index contributed by atoms with van der Waals surface area (Å²) in [7, 11) is 0. The van der Waals surface area contributed by atoms with Crippen LogP contribution in [0.5, 0.6) is 0 Å². The highest BCUT2D eigenvalue weighted by molar-refractivity contribution is 5.95. The SMILES string of the molecule is C=C1Nc2ncnn2[C@H](c2ccncc2)[C@H]1C(=O)Nc1ccccc1. The zero-order chi connectivity index (χ0) is 17.2. The van der Waals surface area contributed by atoms with Gasteiger partial charge in [-0.3, -0.25) is 9.78 Å². The molecule has 0 bridgehead atoms. The van der Waals surface area contributed by atoms with Gasteiger partial charge in [-0.1, -0.05) is 24.8 Å². The first-order valence-electron chi connectivity index (χ1n) is 7.85. The lowest BCUT2D eigenvalue weighted by molar-refractivity contribution is -0.119. The van der Waals surface area contributed by atoms with Crippen LogP contribution in [0.2, 0.25) is 0 Å². The number of benzene rings is 1. The number of hydrogen-bond donors (Lipinski definition) is 2. The van der Waals surface area contributed by atoms with Crippen LogP contribution in [0.25, 0.3) is 0 Å². The normalized spacial score (nSPS) is 19.0.